The van der Waals surface area contributed by atoms with E-state index in [-0.39, 0.29) is 25.7 Å². The minimum absolute atomic E-state index is 0.107. The fraction of sp³-hybridized carbons (Fsp3) is 0.947. The first kappa shape index (κ1) is 92.1. The molecule has 0 bridgehead atoms. The molecular formula is C75H146O17P2. The van der Waals surface area contributed by atoms with Gasteiger partial charge >= 0.3 is 39.5 Å². The fourth-order valence-electron chi connectivity index (χ4n) is 11.5. The standard InChI is InChI=1S/C75H146O17P2/c1-7-9-11-13-15-17-19-20-29-35-41-47-53-59-74(79)91-70(63-85-72(77)57-51-45-39-33-25-18-16-14-12-10-8-2)65-89-93(81,82)87-61-69(76)62-88-94(83,84)90-66-71(92-75(80)60-54-48-42-36-30-24-22-27-32-38-44-50-56-68(5)6)64-86-73(78)58-52-46-40-34-28-23-21-26-31-37-43-49-55-67(3)4/h67-71,76H,7-66H2,1-6H3,(H,81,82)(H,83,84)/t69-,70+,71+/m0/s1. The van der Waals surface area contributed by atoms with Crippen molar-refractivity contribution in [1.82, 2.24) is 0 Å². The zero-order valence-electron chi connectivity index (χ0n) is 61.3. The first-order valence-corrected chi connectivity index (χ1v) is 42.0. The highest BCUT2D eigenvalue weighted by atomic mass is 31.2. The maximum Gasteiger partial charge on any atom is 0.472 e. The van der Waals surface area contributed by atoms with E-state index in [1.165, 1.54) is 205 Å². The third-order valence-electron chi connectivity index (χ3n) is 17.5. The van der Waals surface area contributed by atoms with Crippen LogP contribution in [0.1, 0.15) is 388 Å². The molecule has 0 spiro atoms. The lowest BCUT2D eigenvalue weighted by Gasteiger charge is -2.21. The number of phosphoric ester groups is 2. The van der Waals surface area contributed by atoms with Gasteiger partial charge in [0.25, 0.3) is 0 Å². The van der Waals surface area contributed by atoms with Gasteiger partial charge in [-0.25, -0.2) is 9.13 Å². The Balaban J connectivity index is 5.26. The van der Waals surface area contributed by atoms with Crippen LogP contribution in [0.4, 0.5) is 0 Å². The van der Waals surface area contributed by atoms with Crippen LogP contribution in [-0.2, 0) is 65.4 Å². The molecule has 94 heavy (non-hydrogen) atoms. The quantitative estimate of drug-likeness (QED) is 0.0222. The van der Waals surface area contributed by atoms with Crippen LogP contribution in [0.25, 0.3) is 0 Å². The van der Waals surface area contributed by atoms with Crippen molar-refractivity contribution in [1.29, 1.82) is 0 Å². The Kier molecular flexibility index (Phi) is 65.5. The molecular weight excluding hydrogens is 1230 g/mol. The molecule has 0 radical (unpaired) electrons. The summed E-state index contributed by atoms with van der Waals surface area (Å²) < 4.78 is 68.5. The molecule has 2 unspecified atom stereocenters. The molecule has 0 aromatic carbocycles. The molecule has 3 N–H and O–H groups in total. The van der Waals surface area contributed by atoms with Gasteiger partial charge < -0.3 is 33.8 Å². The number of ether oxygens (including phenoxy) is 4. The summed E-state index contributed by atoms with van der Waals surface area (Å²) in [6.45, 7) is 9.61. The number of phosphoric acid groups is 2. The smallest absolute Gasteiger partial charge is 0.462 e. The van der Waals surface area contributed by atoms with Gasteiger partial charge in [0.1, 0.15) is 19.3 Å². The number of aliphatic hydroxyl groups is 1. The summed E-state index contributed by atoms with van der Waals surface area (Å²) in [5, 5.41) is 10.6. The minimum atomic E-state index is -4.96. The van der Waals surface area contributed by atoms with Gasteiger partial charge in [-0.2, -0.15) is 0 Å². The SMILES string of the molecule is CCCCCCCCCCCCCCCC(=O)O[C@H](COC(=O)CCCCCCCCCCCCC)COP(=O)(O)OC[C@H](O)COP(=O)(O)OC[C@@H](COC(=O)CCCCCCCCCCCCCCC(C)C)OC(=O)CCCCCCCCCCCCCCC(C)C. The topological polar surface area (TPSA) is 237 Å². The van der Waals surface area contributed by atoms with E-state index in [1.807, 2.05) is 0 Å². The molecule has 558 valence electrons. The third-order valence-corrected chi connectivity index (χ3v) is 19.4. The van der Waals surface area contributed by atoms with Crippen molar-refractivity contribution in [3.8, 4) is 0 Å². The van der Waals surface area contributed by atoms with Gasteiger partial charge in [-0.3, -0.25) is 37.3 Å². The predicted molar refractivity (Wildman–Crippen MR) is 381 cm³/mol. The number of rotatable bonds is 74. The second-order valence-electron chi connectivity index (χ2n) is 28.0. The number of aliphatic hydroxyl groups excluding tert-OH is 1. The van der Waals surface area contributed by atoms with Crippen molar-refractivity contribution in [3.63, 3.8) is 0 Å². The van der Waals surface area contributed by atoms with Gasteiger partial charge in [-0.05, 0) is 37.5 Å². The second-order valence-corrected chi connectivity index (χ2v) is 30.9. The van der Waals surface area contributed by atoms with E-state index in [9.17, 15) is 43.2 Å². The third kappa shape index (κ3) is 68.6. The Bertz CT molecular complexity index is 1820. The van der Waals surface area contributed by atoms with Crippen LogP contribution >= 0.6 is 15.6 Å². The average Bonchev–Trinajstić information content (AvgIpc) is 2.88. The summed E-state index contributed by atoms with van der Waals surface area (Å²) in [4.78, 5) is 72.8. The summed E-state index contributed by atoms with van der Waals surface area (Å²) >= 11 is 0. The van der Waals surface area contributed by atoms with Crippen LogP contribution in [0.15, 0.2) is 0 Å². The molecule has 0 aliphatic rings. The van der Waals surface area contributed by atoms with Gasteiger partial charge in [-0.1, -0.05) is 337 Å². The first-order chi connectivity index (χ1) is 45.4. The molecule has 0 amide bonds. The number of carbonyl (C=O) groups is 4. The van der Waals surface area contributed by atoms with Crippen molar-refractivity contribution in [3.05, 3.63) is 0 Å². The zero-order valence-corrected chi connectivity index (χ0v) is 63.1. The minimum Gasteiger partial charge on any atom is -0.462 e. The van der Waals surface area contributed by atoms with Crippen molar-refractivity contribution in [2.24, 2.45) is 11.8 Å². The van der Waals surface area contributed by atoms with E-state index in [0.29, 0.717) is 25.7 Å². The maximum absolute atomic E-state index is 13.1. The lowest BCUT2D eigenvalue weighted by atomic mass is 10.0. The predicted octanol–water partition coefficient (Wildman–Crippen LogP) is 21.9. The van der Waals surface area contributed by atoms with Gasteiger partial charge in [0.15, 0.2) is 12.2 Å². The van der Waals surface area contributed by atoms with E-state index >= 15 is 0 Å². The Labute approximate surface area is 575 Å². The molecule has 0 aromatic rings. The molecule has 0 aliphatic heterocycles. The van der Waals surface area contributed by atoms with E-state index in [4.69, 9.17) is 37.0 Å². The first-order valence-electron chi connectivity index (χ1n) is 39.0. The van der Waals surface area contributed by atoms with Gasteiger partial charge in [0.05, 0.1) is 26.4 Å². The number of esters is 4. The van der Waals surface area contributed by atoms with E-state index in [2.05, 4.69) is 41.5 Å². The number of carbonyl (C=O) groups excluding carboxylic acids is 4. The van der Waals surface area contributed by atoms with E-state index < -0.39 is 97.5 Å². The fourth-order valence-corrected chi connectivity index (χ4v) is 13.1. The monoisotopic (exact) mass is 1380 g/mol. The average molecular weight is 1380 g/mol. The Morgan fingerprint density at radius 2 is 0.489 bits per heavy atom. The van der Waals surface area contributed by atoms with Gasteiger partial charge in [-0.15, -0.1) is 0 Å². The van der Waals surface area contributed by atoms with Crippen LogP contribution in [0.3, 0.4) is 0 Å². The highest BCUT2D eigenvalue weighted by Gasteiger charge is 2.30. The highest BCUT2D eigenvalue weighted by molar-refractivity contribution is 7.47. The molecule has 5 atom stereocenters. The highest BCUT2D eigenvalue weighted by Crippen LogP contribution is 2.45. The summed E-state index contributed by atoms with van der Waals surface area (Å²) in [5.74, 6) is -0.556. The lowest BCUT2D eigenvalue weighted by molar-refractivity contribution is -0.161. The summed E-state index contributed by atoms with van der Waals surface area (Å²) in [5.41, 5.74) is 0. The zero-order chi connectivity index (χ0) is 69.3. The van der Waals surface area contributed by atoms with Crippen LogP contribution in [0.5, 0.6) is 0 Å². The molecule has 0 aromatic heterocycles. The van der Waals surface area contributed by atoms with Crippen LogP contribution in [-0.4, -0.2) is 96.7 Å². The molecule has 0 saturated carbocycles. The Morgan fingerprint density at radius 3 is 0.723 bits per heavy atom. The van der Waals surface area contributed by atoms with Gasteiger partial charge in [0.2, 0.25) is 0 Å². The van der Waals surface area contributed by atoms with E-state index in [1.54, 1.807) is 0 Å². The molecule has 0 fully saturated rings. The van der Waals surface area contributed by atoms with Crippen molar-refractivity contribution >= 4 is 39.5 Å². The normalized spacial score (nSPS) is 14.0. The largest absolute Gasteiger partial charge is 0.472 e. The van der Waals surface area contributed by atoms with Crippen LogP contribution in [0.2, 0.25) is 0 Å². The number of hydrogen-bond donors (Lipinski definition) is 3. The van der Waals surface area contributed by atoms with E-state index in [0.717, 1.165) is 102 Å². The van der Waals surface area contributed by atoms with Crippen molar-refractivity contribution in [2.45, 2.75) is 407 Å². The molecule has 0 aliphatic carbocycles. The Hall–Kier alpha value is -1.94. The Morgan fingerprint density at radius 1 is 0.287 bits per heavy atom. The summed E-state index contributed by atoms with van der Waals surface area (Å²) in [6, 6.07) is 0. The number of hydrogen-bond acceptors (Lipinski definition) is 15. The van der Waals surface area contributed by atoms with Crippen molar-refractivity contribution < 1.29 is 80.2 Å². The van der Waals surface area contributed by atoms with Crippen molar-refractivity contribution in [2.75, 3.05) is 39.6 Å². The van der Waals surface area contributed by atoms with Crippen LogP contribution < -0.4 is 0 Å². The van der Waals surface area contributed by atoms with Gasteiger partial charge in [0, 0.05) is 25.7 Å². The summed E-state index contributed by atoms with van der Waals surface area (Å²) in [7, 11) is -9.91. The summed E-state index contributed by atoms with van der Waals surface area (Å²) in [6.07, 6.45) is 53.9. The number of unbranched alkanes of at least 4 members (excludes halogenated alkanes) is 44. The lowest BCUT2D eigenvalue weighted by Crippen LogP contribution is -2.30. The molecule has 19 heteroatoms. The molecule has 0 rings (SSSR count). The molecule has 0 heterocycles. The maximum atomic E-state index is 13.1. The second kappa shape index (κ2) is 66.9. The molecule has 17 nitrogen and oxygen atoms in total. The van der Waals surface area contributed by atoms with Crippen LogP contribution in [0, 0.1) is 11.8 Å². The molecule has 0 saturated heterocycles.